The van der Waals surface area contributed by atoms with Gasteiger partial charge in [-0.25, -0.2) is 0 Å². The molecule has 0 aromatic heterocycles. The van der Waals surface area contributed by atoms with Gasteiger partial charge in [-0.1, -0.05) is 0 Å². The zero-order valence-electron chi connectivity index (χ0n) is 9.86. The Morgan fingerprint density at radius 2 is 2.38 bits per heavy atom. The zero-order chi connectivity index (χ0) is 12.2. The van der Waals surface area contributed by atoms with Gasteiger partial charge in [0.15, 0.2) is 0 Å². The Morgan fingerprint density at radius 1 is 1.69 bits per heavy atom. The first-order chi connectivity index (χ1) is 7.45. The minimum atomic E-state index is -0.786. The number of aliphatic hydroxyl groups is 1. The Hall–Kier alpha value is -1.12. The molecule has 16 heavy (non-hydrogen) atoms. The van der Waals surface area contributed by atoms with Crippen LogP contribution in [0.4, 0.5) is 0 Å². The van der Waals surface area contributed by atoms with Gasteiger partial charge in [-0.2, -0.15) is 5.26 Å². The van der Waals surface area contributed by atoms with Gasteiger partial charge in [-0.05, 0) is 33.2 Å². The van der Waals surface area contributed by atoms with Gasteiger partial charge in [-0.15, -0.1) is 0 Å². The van der Waals surface area contributed by atoms with E-state index in [4.69, 9.17) is 5.26 Å². The Labute approximate surface area is 96.0 Å². The van der Waals surface area contributed by atoms with Gasteiger partial charge in [0.25, 0.3) is 0 Å². The number of nitriles is 1. The van der Waals surface area contributed by atoms with Gasteiger partial charge in [0.05, 0.1) is 18.2 Å². The van der Waals surface area contributed by atoms with E-state index in [9.17, 15) is 9.90 Å². The number of hydrogen-bond acceptors (Lipinski definition) is 4. The van der Waals surface area contributed by atoms with E-state index >= 15 is 0 Å². The van der Waals surface area contributed by atoms with Crippen molar-refractivity contribution in [1.82, 2.24) is 10.2 Å². The van der Waals surface area contributed by atoms with Gasteiger partial charge in [0.1, 0.15) is 6.54 Å². The normalized spacial score (nSPS) is 21.8. The van der Waals surface area contributed by atoms with Crippen LogP contribution in [0.25, 0.3) is 0 Å². The summed E-state index contributed by atoms with van der Waals surface area (Å²) in [6.45, 7) is 4.66. The molecule has 0 aliphatic carbocycles. The molecule has 0 spiro atoms. The molecule has 1 rings (SSSR count). The summed E-state index contributed by atoms with van der Waals surface area (Å²) in [5, 5.41) is 20.8. The fourth-order valence-corrected chi connectivity index (χ4v) is 2.19. The van der Waals surface area contributed by atoms with Crippen molar-refractivity contribution in [2.75, 3.05) is 19.6 Å². The summed E-state index contributed by atoms with van der Waals surface area (Å²) in [6.07, 6.45) is 1.91. The van der Waals surface area contributed by atoms with Crippen molar-refractivity contribution in [2.45, 2.75) is 38.3 Å². The zero-order valence-corrected chi connectivity index (χ0v) is 9.86. The van der Waals surface area contributed by atoms with E-state index in [0.717, 1.165) is 19.4 Å². The number of carbonyl (C=O) groups excluding carboxylic acids is 1. The van der Waals surface area contributed by atoms with Gasteiger partial charge >= 0.3 is 0 Å². The van der Waals surface area contributed by atoms with Crippen molar-refractivity contribution in [2.24, 2.45) is 0 Å². The van der Waals surface area contributed by atoms with E-state index in [1.54, 1.807) is 13.8 Å². The summed E-state index contributed by atoms with van der Waals surface area (Å²) in [7, 11) is 0. The van der Waals surface area contributed by atoms with Crippen LogP contribution in [0.15, 0.2) is 0 Å². The van der Waals surface area contributed by atoms with Gasteiger partial charge < -0.3 is 10.4 Å². The fourth-order valence-electron chi connectivity index (χ4n) is 2.19. The quantitative estimate of drug-likeness (QED) is 0.653. The molecule has 0 saturated carbocycles. The van der Waals surface area contributed by atoms with Crippen molar-refractivity contribution in [1.29, 1.82) is 5.26 Å². The molecule has 0 radical (unpaired) electrons. The highest BCUT2D eigenvalue weighted by Crippen LogP contribution is 2.26. The molecular weight excluding hydrogens is 206 g/mol. The van der Waals surface area contributed by atoms with Crippen molar-refractivity contribution in [3.8, 4) is 6.07 Å². The van der Waals surface area contributed by atoms with Crippen LogP contribution in [-0.2, 0) is 4.79 Å². The average molecular weight is 225 g/mol. The summed E-state index contributed by atoms with van der Waals surface area (Å²) in [4.78, 5) is 13.4. The monoisotopic (exact) mass is 225 g/mol. The van der Waals surface area contributed by atoms with E-state index in [1.165, 1.54) is 0 Å². The van der Waals surface area contributed by atoms with Gasteiger partial charge in [0.2, 0.25) is 5.91 Å². The molecule has 90 valence electrons. The molecule has 1 amide bonds. The summed E-state index contributed by atoms with van der Waals surface area (Å²) in [6, 6.07) is 1.89. The lowest BCUT2D eigenvalue weighted by Gasteiger charge is -2.33. The second-order valence-corrected chi connectivity index (χ2v) is 4.72. The molecule has 1 atom stereocenters. The van der Waals surface area contributed by atoms with E-state index in [-0.39, 0.29) is 25.0 Å². The van der Waals surface area contributed by atoms with Crippen molar-refractivity contribution >= 4 is 5.91 Å². The molecule has 0 bridgehead atoms. The Kier molecular flexibility index (Phi) is 4.27. The predicted molar refractivity (Wildman–Crippen MR) is 59.5 cm³/mol. The Morgan fingerprint density at radius 3 is 2.94 bits per heavy atom. The van der Waals surface area contributed by atoms with Crippen LogP contribution >= 0.6 is 0 Å². The third-order valence-electron chi connectivity index (χ3n) is 2.89. The van der Waals surface area contributed by atoms with Crippen LogP contribution in [0.2, 0.25) is 0 Å². The Balaban J connectivity index is 2.47. The number of amides is 1. The second-order valence-electron chi connectivity index (χ2n) is 4.72. The van der Waals surface area contributed by atoms with Crippen molar-refractivity contribution in [3.63, 3.8) is 0 Å². The van der Waals surface area contributed by atoms with Crippen LogP contribution in [0.5, 0.6) is 0 Å². The van der Waals surface area contributed by atoms with E-state index < -0.39 is 5.60 Å². The average Bonchev–Trinajstić information content (AvgIpc) is 2.62. The van der Waals surface area contributed by atoms with E-state index in [1.807, 2.05) is 11.0 Å². The van der Waals surface area contributed by atoms with Crippen molar-refractivity contribution in [3.05, 3.63) is 0 Å². The molecule has 5 heteroatoms. The highest BCUT2D eigenvalue weighted by Gasteiger charge is 2.36. The topological polar surface area (TPSA) is 76.4 Å². The number of hydrogen-bond donors (Lipinski definition) is 2. The van der Waals surface area contributed by atoms with Crippen LogP contribution in [0.1, 0.15) is 26.7 Å². The van der Waals surface area contributed by atoms with Gasteiger partial charge in [0, 0.05) is 6.04 Å². The summed E-state index contributed by atoms with van der Waals surface area (Å²) >= 11 is 0. The Bertz CT molecular complexity index is 291. The molecule has 2 N–H and O–H groups in total. The molecule has 1 aliphatic heterocycles. The molecule has 1 fully saturated rings. The minimum Gasteiger partial charge on any atom is -0.389 e. The van der Waals surface area contributed by atoms with Gasteiger partial charge in [-0.3, -0.25) is 9.69 Å². The summed E-state index contributed by atoms with van der Waals surface area (Å²) in [5.41, 5.74) is -0.786. The smallest absolute Gasteiger partial charge is 0.235 e. The van der Waals surface area contributed by atoms with Crippen molar-refractivity contribution < 1.29 is 9.90 Å². The SMILES string of the molecule is CC(C)(O)C1CCCN1CC(=O)NCC#N. The van der Waals surface area contributed by atoms with Crippen LogP contribution in [0.3, 0.4) is 0 Å². The first-order valence-corrected chi connectivity index (χ1v) is 5.55. The summed E-state index contributed by atoms with van der Waals surface area (Å²) < 4.78 is 0. The van der Waals surface area contributed by atoms with Crippen LogP contribution < -0.4 is 5.32 Å². The standard InChI is InChI=1S/C11H19N3O2/c1-11(2,16)9-4-3-7-14(9)8-10(15)13-6-5-12/h9,16H,3-4,6-8H2,1-2H3,(H,13,15). The number of rotatable bonds is 4. The minimum absolute atomic E-state index is 0.0281. The molecule has 0 aromatic rings. The molecule has 1 saturated heterocycles. The molecule has 0 aromatic carbocycles. The predicted octanol–water partition coefficient (Wildman–Crippen LogP) is -0.139. The maximum atomic E-state index is 11.4. The molecule has 5 nitrogen and oxygen atoms in total. The third-order valence-corrected chi connectivity index (χ3v) is 2.89. The lowest BCUT2D eigenvalue weighted by Crippen LogP contribution is -2.49. The lowest BCUT2D eigenvalue weighted by atomic mass is 9.97. The maximum absolute atomic E-state index is 11.4. The van der Waals surface area contributed by atoms with E-state index in [0.29, 0.717) is 0 Å². The molecule has 1 unspecified atom stereocenters. The number of carbonyl (C=O) groups is 1. The molecular formula is C11H19N3O2. The largest absolute Gasteiger partial charge is 0.389 e. The third kappa shape index (κ3) is 3.47. The fraction of sp³-hybridized carbons (Fsp3) is 0.818. The number of nitrogens with zero attached hydrogens (tertiary/aromatic N) is 2. The maximum Gasteiger partial charge on any atom is 0.235 e. The van der Waals surface area contributed by atoms with E-state index in [2.05, 4.69) is 5.32 Å². The number of likely N-dealkylation sites (tertiary alicyclic amines) is 1. The number of nitrogens with one attached hydrogen (secondary N) is 1. The second kappa shape index (κ2) is 5.28. The first-order valence-electron chi connectivity index (χ1n) is 5.55. The highest BCUT2D eigenvalue weighted by atomic mass is 16.3. The van der Waals surface area contributed by atoms with Crippen LogP contribution in [0, 0.1) is 11.3 Å². The van der Waals surface area contributed by atoms with Crippen LogP contribution in [-0.4, -0.2) is 47.2 Å². The lowest BCUT2D eigenvalue weighted by molar-refractivity contribution is -0.123. The molecule has 1 aliphatic rings. The molecule has 1 heterocycles. The summed E-state index contributed by atoms with van der Waals surface area (Å²) in [5.74, 6) is -0.155. The first kappa shape index (κ1) is 12.9. The highest BCUT2D eigenvalue weighted by molar-refractivity contribution is 5.78.